The van der Waals surface area contributed by atoms with Gasteiger partial charge in [-0.05, 0) is 94.3 Å². The maximum Gasteiger partial charge on any atom is 0.201 e. The highest BCUT2D eigenvalue weighted by atomic mass is 19.2. The second-order valence-electron chi connectivity index (χ2n) is 11.1. The molecule has 0 spiro atoms. The summed E-state index contributed by atoms with van der Waals surface area (Å²) in [5.74, 6) is -5.86. The first-order valence-corrected chi connectivity index (χ1v) is 15.5. The van der Waals surface area contributed by atoms with E-state index in [-0.39, 0.29) is 64.2 Å². The summed E-state index contributed by atoms with van der Waals surface area (Å²) in [7, 11) is 0. The predicted molar refractivity (Wildman–Crippen MR) is 168 cm³/mol. The van der Waals surface area contributed by atoms with Crippen LogP contribution in [0.1, 0.15) is 51.0 Å². The van der Waals surface area contributed by atoms with Gasteiger partial charge >= 0.3 is 0 Å². The van der Waals surface area contributed by atoms with Crippen molar-refractivity contribution in [3.05, 3.63) is 101 Å². The molecule has 250 valence electrons. The van der Waals surface area contributed by atoms with E-state index in [1.807, 2.05) is 0 Å². The van der Waals surface area contributed by atoms with Gasteiger partial charge in [0.2, 0.25) is 5.82 Å². The minimum atomic E-state index is -1.20. The van der Waals surface area contributed by atoms with Gasteiger partial charge in [-0.2, -0.15) is 4.39 Å². The number of unbranched alkanes of at least 4 members (excludes halogenated alkanes) is 2. The van der Waals surface area contributed by atoms with Crippen molar-refractivity contribution in [2.75, 3.05) is 19.8 Å². The lowest BCUT2D eigenvalue weighted by Gasteiger charge is -2.13. The maximum absolute atomic E-state index is 14.7. The van der Waals surface area contributed by atoms with Gasteiger partial charge in [-0.25, -0.2) is 22.0 Å². The van der Waals surface area contributed by atoms with E-state index in [4.69, 9.17) is 14.2 Å². The van der Waals surface area contributed by atoms with E-state index in [2.05, 4.69) is 0 Å². The fourth-order valence-electron chi connectivity index (χ4n) is 5.15. The van der Waals surface area contributed by atoms with Crippen LogP contribution < -0.4 is 14.2 Å². The van der Waals surface area contributed by atoms with Crippen LogP contribution in [0.2, 0.25) is 0 Å². The third kappa shape index (κ3) is 9.08. The molecule has 0 heterocycles. The molecule has 0 aliphatic heterocycles. The minimum absolute atomic E-state index is 0.0624. The molecule has 0 bridgehead atoms. The lowest BCUT2D eigenvalue weighted by Crippen LogP contribution is -2.06. The average Bonchev–Trinajstić information content (AvgIpc) is 3.05. The Bertz CT molecular complexity index is 1680. The molecule has 1 atom stereocenters. The van der Waals surface area contributed by atoms with E-state index in [1.54, 1.807) is 6.92 Å². The van der Waals surface area contributed by atoms with Crippen LogP contribution in [0.3, 0.4) is 0 Å². The minimum Gasteiger partial charge on any atom is -0.493 e. The summed E-state index contributed by atoms with van der Waals surface area (Å²) in [4.78, 5) is 11.6. The molecule has 10 heteroatoms. The molecule has 4 aromatic rings. The first-order valence-electron chi connectivity index (χ1n) is 15.5. The molecule has 0 aliphatic rings. The molecule has 1 unspecified atom stereocenters. The van der Waals surface area contributed by atoms with E-state index in [9.17, 15) is 31.1 Å². The number of aldehydes is 1. The largest absolute Gasteiger partial charge is 0.493 e. The average molecular weight is 659 g/mol. The van der Waals surface area contributed by atoms with Crippen molar-refractivity contribution in [3.8, 4) is 39.5 Å². The molecule has 0 saturated heterocycles. The van der Waals surface area contributed by atoms with E-state index in [0.717, 1.165) is 18.4 Å². The van der Waals surface area contributed by atoms with Crippen LogP contribution in [0.25, 0.3) is 22.3 Å². The van der Waals surface area contributed by atoms with Crippen molar-refractivity contribution in [1.82, 2.24) is 0 Å². The van der Waals surface area contributed by atoms with Crippen LogP contribution in [0.15, 0.2) is 60.7 Å². The number of rotatable bonds is 17. The number of carbonyl (C=O) groups is 1. The smallest absolute Gasteiger partial charge is 0.201 e. The molecule has 4 aromatic carbocycles. The third-order valence-corrected chi connectivity index (χ3v) is 7.75. The van der Waals surface area contributed by atoms with Gasteiger partial charge in [0.05, 0.1) is 19.8 Å². The first-order chi connectivity index (χ1) is 22.6. The van der Waals surface area contributed by atoms with Gasteiger partial charge in [0.1, 0.15) is 29.4 Å². The van der Waals surface area contributed by atoms with Crippen LogP contribution in [-0.2, 0) is 4.79 Å². The Balaban J connectivity index is 1.15. The summed E-state index contributed by atoms with van der Waals surface area (Å²) in [6.45, 7) is 3.81. The van der Waals surface area contributed by atoms with Crippen molar-refractivity contribution >= 4 is 6.29 Å². The fraction of sp³-hybridized carbons (Fsp3) is 0.324. The molecule has 47 heavy (non-hydrogen) atoms. The number of carbonyl (C=O) groups excluding carboxylic acids is 1. The quantitative estimate of drug-likeness (QED) is 0.0644. The van der Waals surface area contributed by atoms with Crippen LogP contribution in [0.5, 0.6) is 17.2 Å². The van der Waals surface area contributed by atoms with Crippen LogP contribution in [0.4, 0.5) is 26.3 Å². The summed E-state index contributed by atoms with van der Waals surface area (Å²) < 4.78 is 103. The summed E-state index contributed by atoms with van der Waals surface area (Å²) in [5, 5.41) is 0. The van der Waals surface area contributed by atoms with Crippen LogP contribution in [0, 0.1) is 47.7 Å². The van der Waals surface area contributed by atoms with Gasteiger partial charge in [-0.15, -0.1) is 0 Å². The normalized spacial score (nSPS) is 11.7. The van der Waals surface area contributed by atoms with Crippen molar-refractivity contribution in [1.29, 1.82) is 0 Å². The summed E-state index contributed by atoms with van der Waals surface area (Å²) in [6, 6.07) is 13.2. The van der Waals surface area contributed by atoms with E-state index in [1.165, 1.54) is 55.5 Å². The molecule has 0 fully saturated rings. The Labute approximate surface area is 270 Å². The molecule has 0 amide bonds. The van der Waals surface area contributed by atoms with Gasteiger partial charge < -0.3 is 19.0 Å². The zero-order chi connectivity index (χ0) is 33.9. The van der Waals surface area contributed by atoms with Gasteiger partial charge in [0, 0.05) is 40.3 Å². The van der Waals surface area contributed by atoms with Gasteiger partial charge in [0.25, 0.3) is 0 Å². The highest BCUT2D eigenvalue weighted by Crippen LogP contribution is 2.33. The SMILES string of the molecule is CCOc1ccc(-c2ccc(OCCCCC(C=O)CCCCOc3ccc(-c4ccc(C)c(F)c4F)c(F)c3)cc2F)c(F)c1F. The number of ether oxygens (including phenoxy) is 3. The molecule has 0 aliphatic carbocycles. The van der Waals surface area contributed by atoms with E-state index < -0.39 is 34.9 Å². The molecule has 0 aromatic heterocycles. The zero-order valence-corrected chi connectivity index (χ0v) is 26.2. The number of aryl methyl sites for hydroxylation is 1. The van der Waals surface area contributed by atoms with Crippen molar-refractivity contribution in [2.24, 2.45) is 5.92 Å². The van der Waals surface area contributed by atoms with Crippen molar-refractivity contribution < 1.29 is 45.3 Å². The van der Waals surface area contributed by atoms with Crippen molar-refractivity contribution in [3.63, 3.8) is 0 Å². The molecule has 0 N–H and O–H groups in total. The van der Waals surface area contributed by atoms with Gasteiger partial charge in [-0.3, -0.25) is 0 Å². The maximum atomic E-state index is 14.7. The highest BCUT2D eigenvalue weighted by molar-refractivity contribution is 5.67. The monoisotopic (exact) mass is 658 g/mol. The van der Waals surface area contributed by atoms with E-state index >= 15 is 0 Å². The van der Waals surface area contributed by atoms with Crippen molar-refractivity contribution in [2.45, 2.75) is 52.4 Å². The predicted octanol–water partition coefficient (Wildman–Crippen LogP) is 10.2. The molecular formula is C37H36F6O4. The van der Waals surface area contributed by atoms with Crippen LogP contribution >= 0.6 is 0 Å². The topological polar surface area (TPSA) is 44.8 Å². The van der Waals surface area contributed by atoms with Crippen LogP contribution in [-0.4, -0.2) is 26.1 Å². The Morgan fingerprint density at radius 1 is 0.596 bits per heavy atom. The lowest BCUT2D eigenvalue weighted by molar-refractivity contribution is -0.111. The number of hydrogen-bond acceptors (Lipinski definition) is 4. The van der Waals surface area contributed by atoms with E-state index in [0.29, 0.717) is 45.1 Å². The Morgan fingerprint density at radius 2 is 1.09 bits per heavy atom. The highest BCUT2D eigenvalue weighted by Gasteiger charge is 2.19. The third-order valence-electron chi connectivity index (χ3n) is 7.75. The summed E-state index contributed by atoms with van der Waals surface area (Å²) in [6.07, 6.45) is 4.87. The Hall–Kier alpha value is -4.47. The molecular weight excluding hydrogens is 622 g/mol. The number of halogens is 6. The first kappa shape index (κ1) is 35.4. The molecule has 4 rings (SSSR count). The number of benzene rings is 4. The Morgan fingerprint density at radius 3 is 1.57 bits per heavy atom. The zero-order valence-electron chi connectivity index (χ0n) is 26.2. The second kappa shape index (κ2) is 16.9. The molecule has 0 radical (unpaired) electrons. The number of hydrogen-bond donors (Lipinski definition) is 0. The fourth-order valence-corrected chi connectivity index (χ4v) is 5.15. The van der Waals surface area contributed by atoms with Gasteiger partial charge in [-0.1, -0.05) is 12.1 Å². The standard InChI is InChI=1S/C37H36F6O4/c1-3-45-33-17-16-30(36(42)37(33)43)28-15-12-26(21-32(28)39)47-19-7-5-9-24(22-44)8-4-6-18-46-25-11-14-27(31(38)20-25)29-13-10-23(2)34(40)35(29)41/h10-17,20-22,24H,3-9,18-19H2,1-2H3. The molecule has 4 nitrogen and oxygen atoms in total. The Kier molecular flexibility index (Phi) is 12.7. The summed E-state index contributed by atoms with van der Waals surface area (Å²) in [5.41, 5.74) is -0.416. The lowest BCUT2D eigenvalue weighted by atomic mass is 9.97. The van der Waals surface area contributed by atoms with Gasteiger partial charge in [0.15, 0.2) is 23.2 Å². The second-order valence-corrected chi connectivity index (χ2v) is 11.1. The summed E-state index contributed by atoms with van der Waals surface area (Å²) >= 11 is 0. The molecule has 0 saturated carbocycles.